The molecule has 0 saturated carbocycles. The second-order valence-electron chi connectivity index (χ2n) is 4.16. The van der Waals surface area contributed by atoms with Gasteiger partial charge in [-0.15, -0.1) is 0 Å². The third-order valence-electron chi connectivity index (χ3n) is 2.94. The number of carbonyl (C=O) groups excluding carboxylic acids is 1. The summed E-state index contributed by atoms with van der Waals surface area (Å²) in [6, 6.07) is 3.54. The van der Waals surface area contributed by atoms with E-state index in [1.165, 1.54) is 11.8 Å². The first-order chi connectivity index (χ1) is 9.60. The van der Waals surface area contributed by atoms with Crippen LogP contribution in [0.2, 0.25) is 5.02 Å². The lowest BCUT2D eigenvalue weighted by atomic mass is 10.2. The summed E-state index contributed by atoms with van der Waals surface area (Å²) in [5.74, 6) is 1.07. The van der Waals surface area contributed by atoms with E-state index < -0.39 is 0 Å². The fourth-order valence-electron chi connectivity index (χ4n) is 1.99. The number of thiocarbonyl (C=S) groups is 1. The van der Waals surface area contributed by atoms with Crippen molar-refractivity contribution in [3.05, 3.63) is 27.6 Å². The molecule has 0 N–H and O–H groups in total. The number of fused-ring (bicyclic) bond motifs is 1. The minimum Gasteiger partial charge on any atom is -0.454 e. The molecule has 7 heteroatoms. The highest BCUT2D eigenvalue weighted by atomic mass is 35.5. The molecule has 2 heterocycles. The molecule has 3 rings (SSSR count). The minimum atomic E-state index is -0.0729. The molecular weight excluding hydrogens is 318 g/mol. The first kappa shape index (κ1) is 13.7. The second kappa shape index (κ2) is 5.27. The zero-order valence-electron chi connectivity index (χ0n) is 10.5. The van der Waals surface area contributed by atoms with Gasteiger partial charge in [-0.25, -0.2) is 0 Å². The zero-order chi connectivity index (χ0) is 14.3. The van der Waals surface area contributed by atoms with Crippen LogP contribution >= 0.6 is 35.6 Å². The predicted octanol–water partition coefficient (Wildman–Crippen LogP) is 3.29. The number of nitrogens with zero attached hydrogens (tertiary/aromatic N) is 1. The maximum atomic E-state index is 12.1. The van der Waals surface area contributed by atoms with Gasteiger partial charge in [0.1, 0.15) is 4.32 Å². The molecule has 1 fully saturated rings. The first-order valence-corrected chi connectivity index (χ1v) is 7.55. The third kappa shape index (κ3) is 2.28. The summed E-state index contributed by atoms with van der Waals surface area (Å²) in [4.78, 5) is 14.3. The van der Waals surface area contributed by atoms with Crippen LogP contribution in [0.1, 0.15) is 12.5 Å². The van der Waals surface area contributed by atoms with Crippen LogP contribution in [-0.2, 0) is 4.79 Å². The first-order valence-electron chi connectivity index (χ1n) is 5.94. The van der Waals surface area contributed by atoms with Gasteiger partial charge in [-0.3, -0.25) is 9.69 Å². The van der Waals surface area contributed by atoms with E-state index in [2.05, 4.69) is 0 Å². The molecule has 1 aromatic rings. The molecule has 104 valence electrons. The summed E-state index contributed by atoms with van der Waals surface area (Å²) in [6.07, 6.45) is 1.77. The molecule has 0 atom stereocenters. The van der Waals surface area contributed by atoms with Crippen LogP contribution in [0.25, 0.3) is 6.08 Å². The van der Waals surface area contributed by atoms with Crippen LogP contribution < -0.4 is 9.47 Å². The molecule has 0 aromatic heterocycles. The van der Waals surface area contributed by atoms with Gasteiger partial charge in [0.2, 0.25) is 6.79 Å². The standard InChI is InChI=1S/C13H10ClNO3S2/c1-2-15-12(16)10(20-13(15)19)5-7-3-8(14)11-9(4-7)17-6-18-11/h3-5H,2,6H2,1H3/b10-5+. The van der Waals surface area contributed by atoms with Crippen LogP contribution in [0.5, 0.6) is 11.5 Å². The Labute approximate surface area is 130 Å². The smallest absolute Gasteiger partial charge is 0.266 e. The summed E-state index contributed by atoms with van der Waals surface area (Å²) in [6.45, 7) is 2.63. The van der Waals surface area contributed by atoms with Crippen molar-refractivity contribution < 1.29 is 14.3 Å². The van der Waals surface area contributed by atoms with Crippen molar-refractivity contribution in [2.24, 2.45) is 0 Å². The fourth-order valence-corrected chi connectivity index (χ4v) is 3.65. The predicted molar refractivity (Wildman–Crippen MR) is 83.1 cm³/mol. The van der Waals surface area contributed by atoms with E-state index in [1.54, 1.807) is 23.1 Å². The van der Waals surface area contributed by atoms with Gasteiger partial charge in [-0.1, -0.05) is 35.6 Å². The highest BCUT2D eigenvalue weighted by molar-refractivity contribution is 8.26. The molecule has 4 nitrogen and oxygen atoms in total. The molecule has 20 heavy (non-hydrogen) atoms. The Kier molecular flexibility index (Phi) is 3.62. The van der Waals surface area contributed by atoms with Crippen LogP contribution in [0.3, 0.4) is 0 Å². The number of likely N-dealkylation sites (N-methyl/N-ethyl adjacent to an activating group) is 1. The van der Waals surface area contributed by atoms with Gasteiger partial charge in [-0.2, -0.15) is 0 Å². The summed E-state index contributed by atoms with van der Waals surface area (Å²) in [5, 5.41) is 0.470. The maximum Gasteiger partial charge on any atom is 0.266 e. The molecule has 0 aliphatic carbocycles. The Bertz CT molecular complexity index is 645. The van der Waals surface area contributed by atoms with E-state index in [0.717, 1.165) is 5.56 Å². The Balaban J connectivity index is 1.96. The van der Waals surface area contributed by atoms with Gasteiger partial charge in [0.15, 0.2) is 11.5 Å². The van der Waals surface area contributed by atoms with Crippen molar-refractivity contribution in [1.82, 2.24) is 4.90 Å². The molecule has 0 radical (unpaired) electrons. The topological polar surface area (TPSA) is 38.8 Å². The minimum absolute atomic E-state index is 0.0729. The Morgan fingerprint density at radius 3 is 3.00 bits per heavy atom. The normalized spacial score (nSPS) is 19.3. The van der Waals surface area contributed by atoms with Crippen LogP contribution in [0.15, 0.2) is 17.0 Å². The van der Waals surface area contributed by atoms with Gasteiger partial charge < -0.3 is 9.47 Å². The van der Waals surface area contributed by atoms with E-state index in [1.807, 2.05) is 6.92 Å². The lowest BCUT2D eigenvalue weighted by molar-refractivity contribution is -0.121. The summed E-state index contributed by atoms with van der Waals surface area (Å²) in [5.41, 5.74) is 0.788. The van der Waals surface area contributed by atoms with Crippen molar-refractivity contribution in [2.45, 2.75) is 6.92 Å². The fraction of sp³-hybridized carbons (Fsp3) is 0.231. The number of benzene rings is 1. The highest BCUT2D eigenvalue weighted by Crippen LogP contribution is 2.41. The van der Waals surface area contributed by atoms with Crippen LogP contribution in [-0.4, -0.2) is 28.5 Å². The number of thioether (sulfide) groups is 1. The van der Waals surface area contributed by atoms with Crippen LogP contribution in [0, 0.1) is 0 Å². The van der Waals surface area contributed by atoms with E-state index in [-0.39, 0.29) is 12.7 Å². The Morgan fingerprint density at radius 1 is 1.50 bits per heavy atom. The van der Waals surface area contributed by atoms with Crippen molar-refractivity contribution in [3.63, 3.8) is 0 Å². The molecule has 0 spiro atoms. The number of rotatable bonds is 2. The largest absolute Gasteiger partial charge is 0.454 e. The number of carbonyl (C=O) groups is 1. The molecular formula is C13H10ClNO3S2. The van der Waals surface area contributed by atoms with E-state index in [4.69, 9.17) is 33.3 Å². The number of hydrogen-bond donors (Lipinski definition) is 0. The van der Waals surface area contributed by atoms with Crippen molar-refractivity contribution >= 4 is 51.9 Å². The maximum absolute atomic E-state index is 12.1. The van der Waals surface area contributed by atoms with E-state index in [9.17, 15) is 4.79 Å². The average Bonchev–Trinajstić information content (AvgIpc) is 2.96. The second-order valence-corrected chi connectivity index (χ2v) is 6.25. The quantitative estimate of drug-likeness (QED) is 0.615. The molecule has 1 saturated heterocycles. The Hall–Kier alpha value is -1.24. The summed E-state index contributed by atoms with van der Waals surface area (Å²) in [7, 11) is 0. The molecule has 2 aliphatic rings. The number of halogens is 1. The van der Waals surface area contributed by atoms with Gasteiger partial charge in [-0.05, 0) is 30.7 Å². The van der Waals surface area contributed by atoms with Gasteiger partial charge in [0, 0.05) is 6.54 Å². The third-order valence-corrected chi connectivity index (χ3v) is 4.60. The SMILES string of the molecule is CCN1C(=O)/C(=C\c2cc(Cl)c3c(c2)OCO3)SC1=S. The summed E-state index contributed by atoms with van der Waals surface area (Å²) < 4.78 is 11.1. The molecule has 1 amide bonds. The molecule has 1 aromatic carbocycles. The lowest BCUT2D eigenvalue weighted by Crippen LogP contribution is -2.27. The number of amides is 1. The average molecular weight is 328 g/mol. The van der Waals surface area contributed by atoms with Crippen molar-refractivity contribution in [2.75, 3.05) is 13.3 Å². The molecule has 0 unspecified atom stereocenters. The zero-order valence-corrected chi connectivity index (χ0v) is 12.9. The van der Waals surface area contributed by atoms with Crippen LogP contribution in [0.4, 0.5) is 0 Å². The van der Waals surface area contributed by atoms with Gasteiger partial charge >= 0.3 is 0 Å². The Morgan fingerprint density at radius 2 is 2.30 bits per heavy atom. The lowest BCUT2D eigenvalue weighted by Gasteiger charge is -2.09. The highest BCUT2D eigenvalue weighted by Gasteiger charge is 2.30. The van der Waals surface area contributed by atoms with Gasteiger partial charge in [0.25, 0.3) is 5.91 Å². The van der Waals surface area contributed by atoms with Gasteiger partial charge in [0.05, 0.1) is 9.93 Å². The van der Waals surface area contributed by atoms with Crippen molar-refractivity contribution in [3.8, 4) is 11.5 Å². The number of ether oxygens (including phenoxy) is 2. The van der Waals surface area contributed by atoms with E-state index in [0.29, 0.717) is 32.3 Å². The molecule has 2 aliphatic heterocycles. The number of hydrogen-bond acceptors (Lipinski definition) is 5. The monoisotopic (exact) mass is 327 g/mol. The molecule has 0 bridgehead atoms. The summed E-state index contributed by atoms with van der Waals surface area (Å²) >= 11 is 12.6. The van der Waals surface area contributed by atoms with E-state index >= 15 is 0 Å². The van der Waals surface area contributed by atoms with Crippen molar-refractivity contribution in [1.29, 1.82) is 0 Å².